The van der Waals surface area contributed by atoms with Crippen molar-refractivity contribution in [2.75, 3.05) is 18.0 Å². The van der Waals surface area contributed by atoms with Gasteiger partial charge in [0.05, 0.1) is 17.7 Å². The summed E-state index contributed by atoms with van der Waals surface area (Å²) in [4.78, 5) is 30.0. The van der Waals surface area contributed by atoms with Crippen molar-refractivity contribution in [1.82, 2.24) is 10.2 Å². The second-order valence-electron chi connectivity index (χ2n) is 11.8. The minimum absolute atomic E-state index is 0.000618. The number of nitrogens with one attached hydrogen (secondary N) is 1. The van der Waals surface area contributed by atoms with Crippen LogP contribution in [0.4, 0.5) is 5.69 Å². The van der Waals surface area contributed by atoms with Gasteiger partial charge in [0.25, 0.3) is 10.0 Å². The highest BCUT2D eigenvalue weighted by atomic mass is 35.5. The largest absolute Gasteiger partial charge is 0.497 e. The van der Waals surface area contributed by atoms with Gasteiger partial charge in [-0.1, -0.05) is 83.9 Å². The summed E-state index contributed by atoms with van der Waals surface area (Å²) >= 11 is 12.6. The number of amides is 2. The summed E-state index contributed by atoms with van der Waals surface area (Å²) in [6.45, 7) is 4.94. The fourth-order valence-corrected chi connectivity index (χ4v) is 6.84. The lowest BCUT2D eigenvalue weighted by Gasteiger charge is -2.35. The van der Waals surface area contributed by atoms with Crippen molar-refractivity contribution in [2.24, 2.45) is 0 Å². The SMILES string of the molecule is COc1cccc(CN(C(=O)CN(c2cc(Cl)cc(Cl)c2)S(=O)(=O)c2ccccc2)[C@@H](Cc2ccccc2)C(=O)NC(C)(C)C)c1. The molecule has 0 aromatic heterocycles. The number of methoxy groups -OCH3 is 1. The maximum Gasteiger partial charge on any atom is 0.264 e. The third-order valence-electron chi connectivity index (χ3n) is 7.00. The smallest absolute Gasteiger partial charge is 0.264 e. The molecule has 0 bridgehead atoms. The molecule has 0 aliphatic carbocycles. The van der Waals surface area contributed by atoms with Gasteiger partial charge in [-0.2, -0.15) is 0 Å². The Balaban J connectivity index is 1.84. The summed E-state index contributed by atoms with van der Waals surface area (Å²) in [7, 11) is -2.74. The second kappa shape index (κ2) is 15.0. The molecule has 0 spiro atoms. The highest BCUT2D eigenvalue weighted by Crippen LogP contribution is 2.30. The average molecular weight is 683 g/mol. The molecule has 0 radical (unpaired) electrons. The molecular weight excluding hydrogens is 645 g/mol. The van der Waals surface area contributed by atoms with E-state index in [4.69, 9.17) is 27.9 Å². The lowest BCUT2D eigenvalue weighted by Crippen LogP contribution is -2.56. The molecule has 1 N–H and O–H groups in total. The first kappa shape index (κ1) is 34.8. The molecule has 0 heterocycles. The fraction of sp³-hybridized carbons (Fsp3) is 0.257. The van der Waals surface area contributed by atoms with Crippen LogP contribution >= 0.6 is 23.2 Å². The molecule has 11 heteroatoms. The van der Waals surface area contributed by atoms with Crippen molar-refractivity contribution >= 4 is 50.7 Å². The maximum atomic E-state index is 14.6. The van der Waals surface area contributed by atoms with Crippen LogP contribution in [0.1, 0.15) is 31.9 Å². The molecule has 0 saturated carbocycles. The van der Waals surface area contributed by atoms with Crippen LogP contribution in [0.15, 0.2) is 108 Å². The van der Waals surface area contributed by atoms with E-state index in [-0.39, 0.29) is 39.5 Å². The zero-order valence-electron chi connectivity index (χ0n) is 26.1. The van der Waals surface area contributed by atoms with Gasteiger partial charge < -0.3 is 15.0 Å². The average Bonchev–Trinajstić information content (AvgIpc) is 3.01. The van der Waals surface area contributed by atoms with Crippen molar-refractivity contribution < 1.29 is 22.7 Å². The summed E-state index contributed by atoms with van der Waals surface area (Å²) in [6.07, 6.45) is 0.187. The first-order valence-electron chi connectivity index (χ1n) is 14.6. The Morgan fingerprint density at radius 1 is 0.826 bits per heavy atom. The monoisotopic (exact) mass is 681 g/mol. The van der Waals surface area contributed by atoms with E-state index in [1.54, 1.807) is 43.5 Å². The number of hydrogen-bond donors (Lipinski definition) is 1. The van der Waals surface area contributed by atoms with Gasteiger partial charge in [0.2, 0.25) is 11.8 Å². The van der Waals surface area contributed by atoms with E-state index < -0.39 is 34.1 Å². The summed E-state index contributed by atoms with van der Waals surface area (Å²) in [5, 5.41) is 3.41. The van der Waals surface area contributed by atoms with E-state index in [0.29, 0.717) is 11.3 Å². The van der Waals surface area contributed by atoms with Gasteiger partial charge in [-0.25, -0.2) is 8.42 Å². The number of anilines is 1. The van der Waals surface area contributed by atoms with Crippen molar-refractivity contribution in [3.63, 3.8) is 0 Å². The molecule has 242 valence electrons. The maximum absolute atomic E-state index is 14.6. The minimum Gasteiger partial charge on any atom is -0.497 e. The van der Waals surface area contributed by atoms with Crippen LogP contribution in [0, 0.1) is 0 Å². The van der Waals surface area contributed by atoms with Crippen LogP contribution in [0.25, 0.3) is 0 Å². The summed E-state index contributed by atoms with van der Waals surface area (Å²) in [5.41, 5.74) is 1.03. The van der Waals surface area contributed by atoms with Crippen LogP contribution in [-0.2, 0) is 32.6 Å². The number of hydrogen-bond acceptors (Lipinski definition) is 5. The third kappa shape index (κ3) is 9.25. The Morgan fingerprint density at radius 2 is 1.41 bits per heavy atom. The van der Waals surface area contributed by atoms with E-state index in [9.17, 15) is 18.0 Å². The molecule has 0 fully saturated rings. The van der Waals surface area contributed by atoms with Crippen LogP contribution in [0.2, 0.25) is 10.0 Å². The molecule has 0 aliphatic heterocycles. The molecular formula is C35H37Cl2N3O5S. The highest BCUT2D eigenvalue weighted by Gasteiger charge is 2.35. The summed E-state index contributed by atoms with van der Waals surface area (Å²) in [5.74, 6) is -0.412. The Hall–Kier alpha value is -4.05. The number of ether oxygens (including phenoxy) is 1. The third-order valence-corrected chi connectivity index (χ3v) is 9.23. The topological polar surface area (TPSA) is 96.0 Å². The van der Waals surface area contributed by atoms with E-state index >= 15 is 0 Å². The number of nitrogens with zero attached hydrogens (tertiary/aromatic N) is 2. The van der Waals surface area contributed by atoms with Gasteiger partial charge in [0, 0.05) is 28.5 Å². The Morgan fingerprint density at radius 3 is 2.00 bits per heavy atom. The van der Waals surface area contributed by atoms with Gasteiger partial charge in [0.15, 0.2) is 0 Å². The molecule has 2 amide bonds. The fourth-order valence-electron chi connectivity index (χ4n) is 4.91. The minimum atomic E-state index is -4.29. The van der Waals surface area contributed by atoms with E-state index in [1.807, 2.05) is 57.2 Å². The summed E-state index contributed by atoms with van der Waals surface area (Å²) in [6, 6.07) is 27.6. The van der Waals surface area contributed by atoms with Crippen LogP contribution in [0.5, 0.6) is 5.75 Å². The zero-order chi connectivity index (χ0) is 33.5. The molecule has 0 aliphatic rings. The lowest BCUT2D eigenvalue weighted by molar-refractivity contribution is -0.140. The van der Waals surface area contributed by atoms with Gasteiger partial charge in [-0.15, -0.1) is 0 Å². The van der Waals surface area contributed by atoms with Crippen molar-refractivity contribution in [2.45, 2.75) is 50.2 Å². The predicted octanol–water partition coefficient (Wildman–Crippen LogP) is 6.75. The number of carbonyl (C=O) groups is 2. The Bertz CT molecular complexity index is 1740. The molecule has 8 nitrogen and oxygen atoms in total. The predicted molar refractivity (Wildman–Crippen MR) is 183 cm³/mol. The van der Waals surface area contributed by atoms with Crippen molar-refractivity contribution in [1.29, 1.82) is 0 Å². The number of halogens is 2. The van der Waals surface area contributed by atoms with E-state index in [0.717, 1.165) is 9.87 Å². The number of benzene rings is 4. The summed E-state index contributed by atoms with van der Waals surface area (Å²) < 4.78 is 34.6. The Kier molecular flexibility index (Phi) is 11.4. The van der Waals surface area contributed by atoms with Gasteiger partial charge >= 0.3 is 0 Å². The van der Waals surface area contributed by atoms with Gasteiger partial charge in [-0.3, -0.25) is 13.9 Å². The van der Waals surface area contributed by atoms with E-state index in [1.165, 1.54) is 35.2 Å². The highest BCUT2D eigenvalue weighted by molar-refractivity contribution is 7.92. The lowest BCUT2D eigenvalue weighted by atomic mass is 10.0. The molecule has 4 aromatic carbocycles. The van der Waals surface area contributed by atoms with Crippen molar-refractivity contribution in [3.8, 4) is 5.75 Å². The quantitative estimate of drug-likeness (QED) is 0.178. The first-order chi connectivity index (χ1) is 21.8. The molecule has 0 unspecified atom stereocenters. The van der Waals surface area contributed by atoms with Crippen molar-refractivity contribution in [3.05, 3.63) is 124 Å². The molecule has 1 atom stereocenters. The first-order valence-corrected chi connectivity index (χ1v) is 16.8. The molecule has 0 saturated heterocycles. The molecule has 4 rings (SSSR count). The molecule has 4 aromatic rings. The molecule has 46 heavy (non-hydrogen) atoms. The number of rotatable bonds is 12. The normalized spacial score (nSPS) is 12.2. The standard InChI is InChI=1S/C35H37Cl2N3O5S/c1-35(2,3)38-34(42)32(19-25-12-7-5-8-13-25)39(23-26-14-11-15-30(18-26)45-4)33(41)24-40(29-21-27(36)20-28(37)22-29)46(43,44)31-16-9-6-10-17-31/h5-18,20-22,32H,19,23-24H2,1-4H3,(H,38,42)/t32-/m0/s1. The number of sulfonamides is 1. The van der Waals surface area contributed by atoms with Crippen LogP contribution in [-0.4, -0.2) is 50.4 Å². The second-order valence-corrected chi connectivity index (χ2v) is 14.5. The number of carbonyl (C=O) groups excluding carboxylic acids is 2. The van der Waals surface area contributed by atoms with Gasteiger partial charge in [0.1, 0.15) is 18.3 Å². The zero-order valence-corrected chi connectivity index (χ0v) is 28.4. The van der Waals surface area contributed by atoms with Crippen LogP contribution in [0.3, 0.4) is 0 Å². The Labute approximate surface area is 280 Å². The van der Waals surface area contributed by atoms with E-state index in [2.05, 4.69) is 5.32 Å². The van der Waals surface area contributed by atoms with Gasteiger partial charge in [-0.05, 0) is 74.4 Å². The van der Waals surface area contributed by atoms with Crippen LogP contribution < -0.4 is 14.4 Å².